The first-order chi connectivity index (χ1) is 14.1. The number of hydrogen-bond acceptors (Lipinski definition) is 8. The number of rotatable bonds is 3. The molecule has 1 aliphatic heterocycles. The van der Waals surface area contributed by atoms with Gasteiger partial charge in [0.15, 0.2) is 0 Å². The first-order valence-electron chi connectivity index (χ1n) is 9.43. The molecule has 1 atom stereocenters. The molecule has 0 aliphatic carbocycles. The monoisotopic (exact) mass is 474 g/mol. The highest BCUT2D eigenvalue weighted by Gasteiger charge is 2.28. The van der Waals surface area contributed by atoms with Crippen LogP contribution in [0, 0.1) is 25.2 Å². The van der Waals surface area contributed by atoms with Gasteiger partial charge in [-0.2, -0.15) is 10.4 Å². The van der Waals surface area contributed by atoms with Crippen molar-refractivity contribution in [2.75, 3.05) is 18.0 Å². The van der Waals surface area contributed by atoms with Gasteiger partial charge in [-0.3, -0.25) is 0 Å². The average molecular weight is 475 g/mol. The molecule has 1 aliphatic rings. The zero-order valence-electron chi connectivity index (χ0n) is 16.9. The lowest BCUT2D eigenvalue weighted by Crippen LogP contribution is -2.25. The Balaban J connectivity index is 0.00000136. The number of nitrogens with zero attached hydrogens (tertiary/aromatic N) is 6. The van der Waals surface area contributed by atoms with Crippen molar-refractivity contribution in [1.82, 2.24) is 20.2 Å². The number of aromatic nitrogens is 4. The zero-order valence-corrected chi connectivity index (χ0v) is 19.4. The van der Waals surface area contributed by atoms with Gasteiger partial charge in [0.25, 0.3) is 0 Å². The highest BCUT2D eigenvalue weighted by atomic mass is 35.5. The number of hydrogen-bond donors (Lipinski definition) is 0. The van der Waals surface area contributed by atoms with Crippen LogP contribution in [-0.2, 0) is 0 Å². The summed E-state index contributed by atoms with van der Waals surface area (Å²) >= 11 is 1.60. The van der Waals surface area contributed by atoms with Crippen molar-refractivity contribution in [1.29, 1.82) is 5.26 Å². The molecular formula is C21H20Cl2N6OS. The predicted molar refractivity (Wildman–Crippen MR) is 127 cm³/mol. The Morgan fingerprint density at radius 3 is 2.65 bits per heavy atom. The molecule has 160 valence electrons. The van der Waals surface area contributed by atoms with Crippen molar-refractivity contribution >= 4 is 62.4 Å². The molecule has 0 saturated carbocycles. The van der Waals surface area contributed by atoms with Crippen LogP contribution in [0.3, 0.4) is 0 Å². The molecule has 0 radical (unpaired) electrons. The highest BCUT2D eigenvalue weighted by Crippen LogP contribution is 2.38. The van der Waals surface area contributed by atoms with Gasteiger partial charge in [0.2, 0.25) is 0 Å². The van der Waals surface area contributed by atoms with Crippen LogP contribution in [0.4, 0.5) is 5.82 Å². The van der Waals surface area contributed by atoms with Gasteiger partial charge in [-0.15, -0.1) is 41.2 Å². The van der Waals surface area contributed by atoms with E-state index in [0.717, 1.165) is 62.8 Å². The zero-order chi connectivity index (χ0) is 20.0. The third-order valence-electron chi connectivity index (χ3n) is 5.37. The Labute approximate surface area is 195 Å². The van der Waals surface area contributed by atoms with Crippen LogP contribution in [0.15, 0.2) is 30.6 Å². The molecule has 0 unspecified atom stereocenters. The number of halogens is 2. The van der Waals surface area contributed by atoms with Gasteiger partial charge >= 0.3 is 0 Å². The number of nitriles is 1. The lowest BCUT2D eigenvalue weighted by Gasteiger charge is -2.18. The van der Waals surface area contributed by atoms with E-state index in [1.165, 1.54) is 0 Å². The highest BCUT2D eigenvalue weighted by molar-refractivity contribution is 7.26. The van der Waals surface area contributed by atoms with Crippen molar-refractivity contribution < 1.29 is 4.74 Å². The maximum atomic E-state index is 8.93. The second-order valence-electron chi connectivity index (χ2n) is 7.18. The van der Waals surface area contributed by atoms with Crippen molar-refractivity contribution in [3.8, 4) is 11.8 Å². The Morgan fingerprint density at radius 2 is 1.90 bits per heavy atom. The van der Waals surface area contributed by atoms with Crippen LogP contribution >= 0.6 is 36.2 Å². The van der Waals surface area contributed by atoms with E-state index in [4.69, 9.17) is 10.00 Å². The van der Waals surface area contributed by atoms with Gasteiger partial charge in [-0.25, -0.2) is 9.97 Å². The fourth-order valence-electron chi connectivity index (χ4n) is 3.71. The van der Waals surface area contributed by atoms with Gasteiger partial charge in [-0.1, -0.05) is 0 Å². The molecule has 0 N–H and O–H groups in total. The molecule has 10 heteroatoms. The third-order valence-corrected chi connectivity index (χ3v) is 6.43. The van der Waals surface area contributed by atoms with Crippen molar-refractivity contribution in [2.24, 2.45) is 0 Å². The number of fused-ring (bicyclic) bond motifs is 3. The summed E-state index contributed by atoms with van der Waals surface area (Å²) in [5.74, 6) is 1.72. The van der Waals surface area contributed by atoms with Crippen molar-refractivity contribution in [2.45, 2.75) is 26.4 Å². The van der Waals surface area contributed by atoms with Gasteiger partial charge in [-0.05, 0) is 43.7 Å². The first-order valence-corrected chi connectivity index (χ1v) is 10.2. The van der Waals surface area contributed by atoms with E-state index in [9.17, 15) is 0 Å². The van der Waals surface area contributed by atoms with E-state index in [-0.39, 0.29) is 30.9 Å². The molecule has 5 rings (SSSR count). The lowest BCUT2D eigenvalue weighted by atomic mass is 10.1. The molecule has 7 nitrogen and oxygen atoms in total. The van der Waals surface area contributed by atoms with Gasteiger partial charge in [0.1, 0.15) is 28.8 Å². The molecule has 3 aromatic heterocycles. The van der Waals surface area contributed by atoms with Crippen LogP contribution in [0.25, 0.3) is 20.4 Å². The summed E-state index contributed by atoms with van der Waals surface area (Å²) in [6, 6.07) is 9.37. The van der Waals surface area contributed by atoms with E-state index in [2.05, 4.69) is 38.1 Å². The van der Waals surface area contributed by atoms with Gasteiger partial charge < -0.3 is 9.64 Å². The standard InChI is InChI=1S/C21H18N6OS.2ClH/c1-12-13(2)25-26-21-17(12)18-19(29-21)20(24-11-23-18)27-8-7-16(10-27)28-15-5-3-14(9-22)4-6-15;;/h3-6,11,16H,7-8,10H2,1-2H3;2*1H/t16-;;/m0../s1. The van der Waals surface area contributed by atoms with Crippen LogP contribution in [-0.4, -0.2) is 39.4 Å². The first kappa shape index (κ1) is 22.9. The maximum absolute atomic E-state index is 8.93. The SMILES string of the molecule is Cc1nnc2sc3c(N4CC[C@H](Oc5ccc(C#N)cc5)C4)ncnc3c2c1C.Cl.Cl. The van der Waals surface area contributed by atoms with E-state index in [1.54, 1.807) is 29.8 Å². The largest absolute Gasteiger partial charge is 0.489 e. The lowest BCUT2D eigenvalue weighted by molar-refractivity contribution is 0.225. The number of ether oxygens (including phenoxy) is 1. The van der Waals surface area contributed by atoms with E-state index >= 15 is 0 Å². The minimum absolute atomic E-state index is 0. The summed E-state index contributed by atoms with van der Waals surface area (Å²) in [5.41, 5.74) is 3.62. The van der Waals surface area contributed by atoms with E-state index in [1.807, 2.05) is 19.1 Å². The van der Waals surface area contributed by atoms with Crippen LogP contribution in [0.2, 0.25) is 0 Å². The summed E-state index contributed by atoms with van der Waals surface area (Å²) in [5, 5.41) is 18.6. The molecule has 0 spiro atoms. The summed E-state index contributed by atoms with van der Waals surface area (Å²) in [4.78, 5) is 12.3. The molecular weight excluding hydrogens is 455 g/mol. The van der Waals surface area contributed by atoms with Crippen LogP contribution in [0.1, 0.15) is 23.2 Å². The van der Waals surface area contributed by atoms with Crippen molar-refractivity contribution in [3.05, 3.63) is 47.4 Å². The molecule has 0 amide bonds. The summed E-state index contributed by atoms with van der Waals surface area (Å²) in [6.45, 7) is 5.66. The van der Waals surface area contributed by atoms with Gasteiger partial charge in [0, 0.05) is 18.4 Å². The normalized spacial score (nSPS) is 15.4. The summed E-state index contributed by atoms with van der Waals surface area (Å²) < 4.78 is 7.16. The Bertz CT molecular complexity index is 1270. The number of thiophene rings is 1. The number of anilines is 1. The molecule has 1 fully saturated rings. The Hall–Kier alpha value is -2.73. The summed E-state index contributed by atoms with van der Waals surface area (Å²) in [7, 11) is 0. The molecule has 1 aromatic carbocycles. The van der Waals surface area contributed by atoms with E-state index < -0.39 is 0 Å². The topological polar surface area (TPSA) is 87.8 Å². The molecule has 31 heavy (non-hydrogen) atoms. The molecule has 4 heterocycles. The molecule has 0 bridgehead atoms. The maximum Gasteiger partial charge on any atom is 0.150 e. The predicted octanol–water partition coefficient (Wildman–Crippen LogP) is 4.62. The fourth-order valence-corrected chi connectivity index (χ4v) is 4.86. The fraction of sp³-hybridized carbons (Fsp3) is 0.286. The van der Waals surface area contributed by atoms with Gasteiger partial charge in [0.05, 0.1) is 34.1 Å². The smallest absolute Gasteiger partial charge is 0.150 e. The quantitative estimate of drug-likeness (QED) is 0.427. The van der Waals surface area contributed by atoms with Crippen molar-refractivity contribution in [3.63, 3.8) is 0 Å². The number of aryl methyl sites for hydroxylation is 2. The Morgan fingerprint density at radius 1 is 1.13 bits per heavy atom. The Kier molecular flexibility index (Phi) is 6.80. The van der Waals surface area contributed by atoms with E-state index in [0.29, 0.717) is 5.56 Å². The average Bonchev–Trinajstić information content (AvgIpc) is 3.36. The molecule has 1 saturated heterocycles. The van der Waals surface area contributed by atoms with Crippen LogP contribution in [0.5, 0.6) is 5.75 Å². The second-order valence-corrected chi connectivity index (χ2v) is 8.18. The number of benzene rings is 1. The second kappa shape index (κ2) is 9.18. The van der Waals surface area contributed by atoms with Crippen LogP contribution < -0.4 is 9.64 Å². The summed E-state index contributed by atoms with van der Waals surface area (Å²) in [6.07, 6.45) is 2.62. The minimum atomic E-state index is 0. The minimum Gasteiger partial charge on any atom is -0.489 e. The molecule has 4 aromatic rings. The third kappa shape index (κ3) is 4.09.